The molecule has 0 spiro atoms. The van der Waals surface area contributed by atoms with Gasteiger partial charge in [-0.15, -0.1) is 11.3 Å². The second-order valence-corrected chi connectivity index (χ2v) is 9.26. The molecule has 2 N–H and O–H groups in total. The Balaban J connectivity index is 1.48. The van der Waals surface area contributed by atoms with E-state index in [1.165, 1.54) is 11.3 Å². The van der Waals surface area contributed by atoms with E-state index in [0.717, 1.165) is 29.7 Å². The van der Waals surface area contributed by atoms with Crippen LogP contribution < -0.4 is 0 Å². The zero-order valence-electron chi connectivity index (χ0n) is 18.2. The van der Waals surface area contributed by atoms with Gasteiger partial charge in [0.2, 0.25) is 5.91 Å². The van der Waals surface area contributed by atoms with Crippen molar-refractivity contribution in [2.45, 2.75) is 51.2 Å². The van der Waals surface area contributed by atoms with Crippen LogP contribution in [0.2, 0.25) is 0 Å². The van der Waals surface area contributed by atoms with Crippen LogP contribution in [0.5, 0.6) is 0 Å². The zero-order valence-corrected chi connectivity index (χ0v) is 19.1. The van der Waals surface area contributed by atoms with Gasteiger partial charge in [0.25, 0.3) is 0 Å². The number of carbonyl (C=O) groups is 2. The summed E-state index contributed by atoms with van der Waals surface area (Å²) in [6.45, 7) is 2.60. The molecule has 3 rings (SSSR count). The molecule has 1 aliphatic heterocycles. The highest BCUT2D eigenvalue weighted by atomic mass is 32.1. The SMILES string of the molecule is C[C@H](CC#Cc1ccccc1)[C@@H](O)C=C[C@H]1CCC(=O)N1CCCc1ccc(C(=O)O)s1. The largest absolute Gasteiger partial charge is 0.477 e. The van der Waals surface area contributed by atoms with Gasteiger partial charge in [-0.25, -0.2) is 4.79 Å². The Bertz CT molecular complexity index is 1000. The van der Waals surface area contributed by atoms with Crippen LogP contribution in [0.1, 0.15) is 52.7 Å². The summed E-state index contributed by atoms with van der Waals surface area (Å²) in [5.74, 6) is 5.47. The number of aliphatic hydroxyl groups is 1. The maximum Gasteiger partial charge on any atom is 0.345 e. The number of carbonyl (C=O) groups excluding carboxylic acids is 1. The van der Waals surface area contributed by atoms with E-state index in [-0.39, 0.29) is 17.9 Å². The second kappa shape index (κ2) is 11.7. The van der Waals surface area contributed by atoms with E-state index < -0.39 is 12.1 Å². The molecule has 1 aromatic carbocycles. The smallest absolute Gasteiger partial charge is 0.345 e. The molecule has 0 radical (unpaired) electrons. The highest BCUT2D eigenvalue weighted by Gasteiger charge is 2.28. The number of rotatable bonds is 9. The molecule has 0 unspecified atom stereocenters. The lowest BCUT2D eigenvalue weighted by Crippen LogP contribution is -2.33. The van der Waals surface area contributed by atoms with Gasteiger partial charge in [-0.2, -0.15) is 0 Å². The Kier molecular flexibility index (Phi) is 8.66. The fraction of sp³-hybridized carbons (Fsp3) is 0.385. The molecular formula is C26H29NO4S. The molecule has 3 atom stereocenters. The van der Waals surface area contributed by atoms with E-state index in [2.05, 4.69) is 11.8 Å². The Morgan fingerprint density at radius 3 is 2.78 bits per heavy atom. The highest BCUT2D eigenvalue weighted by Crippen LogP contribution is 2.23. The summed E-state index contributed by atoms with van der Waals surface area (Å²) < 4.78 is 0. The van der Waals surface area contributed by atoms with Crippen molar-refractivity contribution in [1.82, 2.24) is 4.90 Å². The van der Waals surface area contributed by atoms with Crippen LogP contribution >= 0.6 is 11.3 Å². The number of hydrogen-bond donors (Lipinski definition) is 2. The summed E-state index contributed by atoms with van der Waals surface area (Å²) in [6.07, 6.45) is 6.53. The first kappa shape index (κ1) is 23.8. The Labute approximate surface area is 193 Å². The summed E-state index contributed by atoms with van der Waals surface area (Å²) in [5, 5.41) is 19.5. The maximum absolute atomic E-state index is 12.3. The third-order valence-corrected chi connectivity index (χ3v) is 6.75. The minimum Gasteiger partial charge on any atom is -0.477 e. The normalized spacial score (nSPS) is 17.9. The maximum atomic E-state index is 12.3. The van der Waals surface area contributed by atoms with Crippen molar-refractivity contribution in [2.24, 2.45) is 5.92 Å². The van der Waals surface area contributed by atoms with Crippen molar-refractivity contribution in [3.63, 3.8) is 0 Å². The lowest BCUT2D eigenvalue weighted by Gasteiger charge is -2.23. The third kappa shape index (κ3) is 6.81. The Morgan fingerprint density at radius 1 is 1.28 bits per heavy atom. The van der Waals surface area contributed by atoms with Gasteiger partial charge in [0.1, 0.15) is 4.88 Å². The van der Waals surface area contributed by atoms with Gasteiger partial charge in [0, 0.05) is 29.8 Å². The van der Waals surface area contributed by atoms with Crippen molar-refractivity contribution >= 4 is 23.2 Å². The van der Waals surface area contributed by atoms with E-state index in [1.54, 1.807) is 12.1 Å². The number of aliphatic hydroxyl groups excluding tert-OH is 1. The van der Waals surface area contributed by atoms with E-state index in [1.807, 2.05) is 54.3 Å². The van der Waals surface area contributed by atoms with Crippen LogP contribution in [-0.4, -0.2) is 45.7 Å². The van der Waals surface area contributed by atoms with Crippen molar-refractivity contribution < 1.29 is 19.8 Å². The first-order chi connectivity index (χ1) is 15.4. The van der Waals surface area contributed by atoms with E-state index >= 15 is 0 Å². The fourth-order valence-corrected chi connectivity index (χ4v) is 4.57. The van der Waals surface area contributed by atoms with Gasteiger partial charge in [0.15, 0.2) is 0 Å². The average Bonchev–Trinajstić information content (AvgIpc) is 3.40. The average molecular weight is 452 g/mol. The van der Waals surface area contributed by atoms with Gasteiger partial charge in [0.05, 0.1) is 12.1 Å². The molecule has 0 aliphatic carbocycles. The number of aryl methyl sites for hydroxylation is 1. The van der Waals surface area contributed by atoms with Crippen molar-refractivity contribution in [3.05, 3.63) is 69.9 Å². The van der Waals surface area contributed by atoms with E-state index in [0.29, 0.717) is 24.3 Å². The van der Waals surface area contributed by atoms with Crippen molar-refractivity contribution in [1.29, 1.82) is 0 Å². The second-order valence-electron chi connectivity index (χ2n) is 8.09. The minimum atomic E-state index is -0.903. The van der Waals surface area contributed by atoms with Crippen LogP contribution in [0.4, 0.5) is 0 Å². The quantitative estimate of drug-likeness (QED) is 0.439. The molecular weight excluding hydrogens is 422 g/mol. The first-order valence-corrected chi connectivity index (χ1v) is 11.8. The summed E-state index contributed by atoms with van der Waals surface area (Å²) in [7, 11) is 0. The summed E-state index contributed by atoms with van der Waals surface area (Å²) >= 11 is 1.29. The predicted octanol–water partition coefficient (Wildman–Crippen LogP) is 4.36. The molecule has 5 nitrogen and oxygen atoms in total. The van der Waals surface area contributed by atoms with Gasteiger partial charge >= 0.3 is 5.97 Å². The molecule has 1 aromatic heterocycles. The van der Waals surface area contributed by atoms with Crippen LogP contribution in [0, 0.1) is 17.8 Å². The van der Waals surface area contributed by atoms with Crippen LogP contribution in [-0.2, 0) is 11.2 Å². The number of amides is 1. The number of thiophene rings is 1. The van der Waals surface area contributed by atoms with Crippen LogP contribution in [0.25, 0.3) is 0 Å². The molecule has 1 aliphatic rings. The van der Waals surface area contributed by atoms with Gasteiger partial charge in [-0.05, 0) is 49.4 Å². The van der Waals surface area contributed by atoms with Gasteiger partial charge in [-0.1, -0.05) is 49.1 Å². The number of nitrogens with zero attached hydrogens (tertiary/aromatic N) is 1. The topological polar surface area (TPSA) is 77.8 Å². The van der Waals surface area contributed by atoms with Crippen LogP contribution in [0.15, 0.2) is 54.6 Å². The Morgan fingerprint density at radius 2 is 2.06 bits per heavy atom. The highest BCUT2D eigenvalue weighted by molar-refractivity contribution is 7.13. The number of carboxylic acids is 1. The number of hydrogen-bond acceptors (Lipinski definition) is 4. The molecule has 168 valence electrons. The predicted molar refractivity (Wildman–Crippen MR) is 127 cm³/mol. The van der Waals surface area contributed by atoms with Crippen molar-refractivity contribution in [3.8, 4) is 11.8 Å². The van der Waals surface area contributed by atoms with Gasteiger partial charge < -0.3 is 15.1 Å². The van der Waals surface area contributed by atoms with Crippen LogP contribution in [0.3, 0.4) is 0 Å². The molecule has 0 saturated carbocycles. The summed E-state index contributed by atoms with van der Waals surface area (Å²) in [5.41, 5.74) is 0.964. The van der Waals surface area contributed by atoms with E-state index in [9.17, 15) is 14.7 Å². The summed E-state index contributed by atoms with van der Waals surface area (Å²) in [6, 6.07) is 13.2. The number of carboxylic acid groups (broad SMARTS) is 1. The molecule has 1 fully saturated rings. The molecule has 2 aromatic rings. The number of aromatic carboxylic acids is 1. The molecule has 0 bridgehead atoms. The molecule has 6 heteroatoms. The molecule has 1 amide bonds. The third-order valence-electron chi connectivity index (χ3n) is 5.61. The molecule has 2 heterocycles. The fourth-order valence-electron chi connectivity index (χ4n) is 3.69. The van der Waals surface area contributed by atoms with E-state index in [4.69, 9.17) is 5.11 Å². The molecule has 1 saturated heterocycles. The zero-order chi connectivity index (χ0) is 22.9. The summed E-state index contributed by atoms with van der Waals surface area (Å²) in [4.78, 5) is 26.5. The minimum absolute atomic E-state index is 0.00216. The lowest BCUT2D eigenvalue weighted by atomic mass is 9.99. The lowest BCUT2D eigenvalue weighted by molar-refractivity contribution is -0.128. The van der Waals surface area contributed by atoms with Gasteiger partial charge in [-0.3, -0.25) is 4.79 Å². The Hall–Kier alpha value is -2.88. The monoisotopic (exact) mass is 451 g/mol. The first-order valence-electron chi connectivity index (χ1n) is 11.0. The van der Waals surface area contributed by atoms with Crippen molar-refractivity contribution in [2.75, 3.05) is 6.54 Å². The number of benzene rings is 1. The molecule has 32 heavy (non-hydrogen) atoms. The number of likely N-dealkylation sites (tertiary alicyclic amines) is 1. The standard InChI is InChI=1S/C26H29NO4S/c1-19(7-5-10-20-8-3-2-4-9-20)23(28)15-12-21-13-17-25(29)27(21)18-6-11-22-14-16-24(32-22)26(30)31/h2-4,8-9,12,14-16,19,21,23,28H,6-7,11,13,17-18H2,1H3,(H,30,31)/t19-,21+,23+/m1/s1.